The van der Waals surface area contributed by atoms with Gasteiger partial charge in [-0.2, -0.15) is 0 Å². The standard InChI is InChI=1S/C14H22Cl2N2/c1-4-14(17-8-5-9-18(2)3)12-7-6-11(15)10-13(12)16/h6-7,10,14,17H,4-5,8-9H2,1-3H3. The van der Waals surface area contributed by atoms with Gasteiger partial charge in [0.15, 0.2) is 0 Å². The molecule has 0 amide bonds. The largest absolute Gasteiger partial charge is 0.310 e. The van der Waals surface area contributed by atoms with Crippen molar-refractivity contribution in [1.82, 2.24) is 10.2 Å². The first-order valence-electron chi connectivity index (χ1n) is 6.37. The summed E-state index contributed by atoms with van der Waals surface area (Å²) in [6, 6.07) is 6.02. The quantitative estimate of drug-likeness (QED) is 0.764. The molecule has 1 N–H and O–H groups in total. The van der Waals surface area contributed by atoms with Gasteiger partial charge >= 0.3 is 0 Å². The smallest absolute Gasteiger partial charge is 0.0468 e. The van der Waals surface area contributed by atoms with E-state index in [0.717, 1.165) is 36.5 Å². The Bertz CT molecular complexity index is 367. The van der Waals surface area contributed by atoms with Crippen LogP contribution in [0.25, 0.3) is 0 Å². The van der Waals surface area contributed by atoms with E-state index in [-0.39, 0.29) is 0 Å². The molecule has 0 aliphatic carbocycles. The van der Waals surface area contributed by atoms with Gasteiger partial charge in [0.2, 0.25) is 0 Å². The predicted molar refractivity (Wildman–Crippen MR) is 80.7 cm³/mol. The van der Waals surface area contributed by atoms with Crippen molar-refractivity contribution in [3.05, 3.63) is 33.8 Å². The second-order valence-electron chi connectivity index (χ2n) is 4.74. The lowest BCUT2D eigenvalue weighted by atomic mass is 10.0. The van der Waals surface area contributed by atoms with Gasteiger partial charge in [0.05, 0.1) is 0 Å². The van der Waals surface area contributed by atoms with Crippen LogP contribution in [0.15, 0.2) is 18.2 Å². The van der Waals surface area contributed by atoms with Gasteiger partial charge in [0.1, 0.15) is 0 Å². The fraction of sp³-hybridized carbons (Fsp3) is 0.571. The molecule has 1 rings (SSSR count). The van der Waals surface area contributed by atoms with Gasteiger partial charge in [-0.3, -0.25) is 0 Å². The molecular formula is C14H22Cl2N2. The van der Waals surface area contributed by atoms with Crippen LogP contribution in [-0.2, 0) is 0 Å². The summed E-state index contributed by atoms with van der Waals surface area (Å²) in [6.45, 7) is 4.25. The first-order valence-corrected chi connectivity index (χ1v) is 7.13. The molecule has 0 saturated carbocycles. The lowest BCUT2D eigenvalue weighted by Crippen LogP contribution is -2.25. The van der Waals surface area contributed by atoms with Crippen molar-refractivity contribution in [2.24, 2.45) is 0 Å². The average Bonchev–Trinajstić information content (AvgIpc) is 2.30. The van der Waals surface area contributed by atoms with E-state index in [2.05, 4.69) is 31.2 Å². The monoisotopic (exact) mass is 288 g/mol. The van der Waals surface area contributed by atoms with Gasteiger partial charge in [0.25, 0.3) is 0 Å². The highest BCUT2D eigenvalue weighted by Crippen LogP contribution is 2.27. The minimum Gasteiger partial charge on any atom is -0.310 e. The first kappa shape index (κ1) is 15.8. The minimum absolute atomic E-state index is 0.303. The number of nitrogens with one attached hydrogen (secondary N) is 1. The fourth-order valence-corrected chi connectivity index (χ4v) is 2.47. The van der Waals surface area contributed by atoms with Crippen LogP contribution < -0.4 is 5.32 Å². The number of halogens is 2. The SMILES string of the molecule is CCC(NCCCN(C)C)c1ccc(Cl)cc1Cl. The lowest BCUT2D eigenvalue weighted by molar-refractivity contribution is 0.385. The summed E-state index contributed by atoms with van der Waals surface area (Å²) in [5.41, 5.74) is 1.13. The van der Waals surface area contributed by atoms with Gasteiger partial charge in [0, 0.05) is 16.1 Å². The minimum atomic E-state index is 0.303. The molecule has 0 bridgehead atoms. The molecule has 0 spiro atoms. The second kappa shape index (κ2) is 8.00. The molecule has 0 aromatic heterocycles. The third-order valence-electron chi connectivity index (χ3n) is 2.92. The van der Waals surface area contributed by atoms with E-state index in [9.17, 15) is 0 Å². The maximum atomic E-state index is 6.23. The number of benzene rings is 1. The molecule has 2 nitrogen and oxygen atoms in total. The predicted octanol–water partition coefficient (Wildman–Crippen LogP) is 3.99. The van der Waals surface area contributed by atoms with Gasteiger partial charge in [-0.05, 0) is 57.7 Å². The molecular weight excluding hydrogens is 267 g/mol. The lowest BCUT2D eigenvalue weighted by Gasteiger charge is -2.19. The maximum absolute atomic E-state index is 6.23. The van der Waals surface area contributed by atoms with E-state index in [4.69, 9.17) is 23.2 Å². The highest BCUT2D eigenvalue weighted by molar-refractivity contribution is 6.35. The summed E-state index contributed by atoms with van der Waals surface area (Å²) in [5.74, 6) is 0. The van der Waals surface area contributed by atoms with E-state index in [1.807, 2.05) is 18.2 Å². The zero-order chi connectivity index (χ0) is 13.5. The highest BCUT2D eigenvalue weighted by atomic mass is 35.5. The van der Waals surface area contributed by atoms with E-state index >= 15 is 0 Å². The van der Waals surface area contributed by atoms with Crippen molar-refractivity contribution in [2.45, 2.75) is 25.8 Å². The van der Waals surface area contributed by atoms with Crippen molar-refractivity contribution in [3.63, 3.8) is 0 Å². The zero-order valence-electron chi connectivity index (χ0n) is 11.3. The Hall–Kier alpha value is -0.280. The maximum Gasteiger partial charge on any atom is 0.0468 e. The summed E-state index contributed by atoms with van der Waals surface area (Å²) < 4.78 is 0. The van der Waals surface area contributed by atoms with Gasteiger partial charge in [-0.1, -0.05) is 36.2 Å². The van der Waals surface area contributed by atoms with Crippen LogP contribution in [0, 0.1) is 0 Å². The Kier molecular flexibility index (Phi) is 7.02. The second-order valence-corrected chi connectivity index (χ2v) is 5.58. The molecule has 0 fully saturated rings. The summed E-state index contributed by atoms with van der Waals surface area (Å²) in [6.07, 6.45) is 2.15. The molecule has 102 valence electrons. The average molecular weight is 289 g/mol. The molecule has 0 saturated heterocycles. The van der Waals surface area contributed by atoms with Gasteiger partial charge in [-0.15, -0.1) is 0 Å². The summed E-state index contributed by atoms with van der Waals surface area (Å²) in [5, 5.41) is 4.98. The molecule has 1 atom stereocenters. The fourth-order valence-electron chi connectivity index (χ4n) is 1.93. The topological polar surface area (TPSA) is 15.3 Å². The third-order valence-corrected chi connectivity index (χ3v) is 3.48. The molecule has 0 radical (unpaired) electrons. The summed E-state index contributed by atoms with van der Waals surface area (Å²) >= 11 is 12.1. The Morgan fingerprint density at radius 1 is 1.28 bits per heavy atom. The van der Waals surface area contributed by atoms with Crippen molar-refractivity contribution in [3.8, 4) is 0 Å². The summed E-state index contributed by atoms with van der Waals surface area (Å²) in [4.78, 5) is 2.19. The van der Waals surface area contributed by atoms with Crippen LogP contribution in [0.5, 0.6) is 0 Å². The molecule has 1 aromatic rings. The molecule has 0 aliphatic heterocycles. The summed E-state index contributed by atoms with van der Waals surface area (Å²) in [7, 11) is 4.18. The van der Waals surface area contributed by atoms with Crippen LogP contribution in [-0.4, -0.2) is 32.1 Å². The van der Waals surface area contributed by atoms with E-state index in [1.54, 1.807) is 0 Å². The van der Waals surface area contributed by atoms with Crippen LogP contribution in [0.2, 0.25) is 10.0 Å². The molecule has 0 heterocycles. The first-order chi connectivity index (χ1) is 8.54. The Labute approximate surface area is 120 Å². The molecule has 1 unspecified atom stereocenters. The van der Waals surface area contributed by atoms with Crippen LogP contribution in [0.1, 0.15) is 31.4 Å². The van der Waals surface area contributed by atoms with E-state index in [0.29, 0.717) is 11.1 Å². The van der Waals surface area contributed by atoms with Crippen molar-refractivity contribution in [2.75, 3.05) is 27.2 Å². The van der Waals surface area contributed by atoms with E-state index < -0.39 is 0 Å². The molecule has 0 aliphatic rings. The number of nitrogens with zero attached hydrogens (tertiary/aromatic N) is 1. The zero-order valence-corrected chi connectivity index (χ0v) is 12.9. The van der Waals surface area contributed by atoms with Crippen molar-refractivity contribution in [1.29, 1.82) is 0 Å². The highest BCUT2D eigenvalue weighted by Gasteiger charge is 2.12. The van der Waals surface area contributed by atoms with Crippen molar-refractivity contribution < 1.29 is 0 Å². The van der Waals surface area contributed by atoms with E-state index in [1.165, 1.54) is 0 Å². The number of rotatable bonds is 7. The Balaban J connectivity index is 2.54. The molecule has 4 heteroatoms. The van der Waals surface area contributed by atoms with Gasteiger partial charge in [-0.25, -0.2) is 0 Å². The third kappa shape index (κ3) is 5.15. The van der Waals surface area contributed by atoms with Crippen LogP contribution in [0.4, 0.5) is 0 Å². The molecule has 18 heavy (non-hydrogen) atoms. The van der Waals surface area contributed by atoms with Crippen molar-refractivity contribution >= 4 is 23.2 Å². The molecule has 1 aromatic carbocycles. The number of hydrogen-bond acceptors (Lipinski definition) is 2. The normalized spacial score (nSPS) is 13.0. The Morgan fingerprint density at radius 3 is 2.56 bits per heavy atom. The van der Waals surface area contributed by atoms with Crippen LogP contribution >= 0.6 is 23.2 Å². The van der Waals surface area contributed by atoms with Gasteiger partial charge < -0.3 is 10.2 Å². The number of hydrogen-bond donors (Lipinski definition) is 1. The van der Waals surface area contributed by atoms with Crippen LogP contribution in [0.3, 0.4) is 0 Å². The Morgan fingerprint density at radius 2 is 2.00 bits per heavy atom.